The molecule has 0 spiro atoms. The summed E-state index contributed by atoms with van der Waals surface area (Å²) in [5.41, 5.74) is 8.03. The molecular weight excluding hydrogens is 438 g/mol. The van der Waals surface area contributed by atoms with E-state index in [1.807, 2.05) is 0 Å². The van der Waals surface area contributed by atoms with Crippen LogP contribution in [0.15, 0.2) is 18.5 Å². The molecule has 3 aliphatic carbocycles. The molecule has 10 heteroatoms. The number of carbonyl (C=O) groups is 1. The van der Waals surface area contributed by atoms with Crippen LogP contribution in [-0.2, 0) is 4.79 Å². The molecule has 3 saturated carbocycles. The van der Waals surface area contributed by atoms with E-state index in [2.05, 4.69) is 15.4 Å². The highest BCUT2D eigenvalue weighted by atomic mass is 19.3. The Kier molecular flexibility index (Phi) is 5.61. The maximum Gasteiger partial charge on any atom is 0.324 e. The number of nitrogens with zero attached hydrogens (tertiary/aromatic N) is 3. The molecule has 0 aliphatic heterocycles. The second-order valence-corrected chi connectivity index (χ2v) is 10.1. The Hall–Kier alpha value is -2.23. The smallest absolute Gasteiger partial charge is 0.324 e. The third kappa shape index (κ3) is 5.00. The number of hydrogen-bond acceptors (Lipinski definition) is 4. The molecule has 3 aliphatic rings. The van der Waals surface area contributed by atoms with Gasteiger partial charge < -0.3 is 11.1 Å². The van der Waals surface area contributed by atoms with Crippen LogP contribution in [0.2, 0.25) is 0 Å². The van der Waals surface area contributed by atoms with E-state index in [1.165, 1.54) is 0 Å². The first-order valence-electron chi connectivity index (χ1n) is 11.8. The lowest BCUT2D eigenvalue weighted by Crippen LogP contribution is -2.43. The maximum atomic E-state index is 14.3. The highest BCUT2D eigenvalue weighted by Crippen LogP contribution is 2.44. The number of alkyl halides is 4. The Bertz CT molecular complexity index is 1020. The zero-order valence-electron chi connectivity index (χ0n) is 18.3. The number of halogens is 4. The largest absolute Gasteiger partial charge is 0.344 e. The zero-order chi connectivity index (χ0) is 23.4. The van der Waals surface area contributed by atoms with Crippen LogP contribution in [0.3, 0.4) is 0 Å². The first-order valence-corrected chi connectivity index (χ1v) is 11.8. The van der Waals surface area contributed by atoms with Crippen LogP contribution >= 0.6 is 0 Å². The van der Waals surface area contributed by atoms with Crippen molar-refractivity contribution in [1.82, 2.24) is 19.9 Å². The van der Waals surface area contributed by atoms with Gasteiger partial charge in [-0.25, -0.2) is 18.3 Å². The van der Waals surface area contributed by atoms with Crippen LogP contribution in [0.25, 0.3) is 5.65 Å². The van der Waals surface area contributed by atoms with Crippen LogP contribution in [0.1, 0.15) is 81.1 Å². The molecule has 0 aromatic carbocycles. The van der Waals surface area contributed by atoms with Gasteiger partial charge in [0.15, 0.2) is 5.65 Å². The summed E-state index contributed by atoms with van der Waals surface area (Å²) in [5.74, 6) is -7.28. The van der Waals surface area contributed by atoms with Gasteiger partial charge in [-0.1, -0.05) is 0 Å². The predicted molar refractivity (Wildman–Crippen MR) is 113 cm³/mol. The summed E-state index contributed by atoms with van der Waals surface area (Å²) in [6.07, 6.45) is 6.39. The molecule has 6 nitrogen and oxygen atoms in total. The summed E-state index contributed by atoms with van der Waals surface area (Å²) in [6, 6.07) is 0.710. The number of nitrogens with two attached hydrogens (primary N) is 1. The molecule has 3 N–H and O–H groups in total. The van der Waals surface area contributed by atoms with E-state index >= 15 is 0 Å². The van der Waals surface area contributed by atoms with Gasteiger partial charge in [-0.2, -0.15) is 13.9 Å². The summed E-state index contributed by atoms with van der Waals surface area (Å²) >= 11 is 0. The number of fused-ring (bicyclic) bond motifs is 1. The lowest BCUT2D eigenvalue weighted by atomic mass is 9.81. The van der Waals surface area contributed by atoms with Crippen molar-refractivity contribution in [1.29, 1.82) is 0 Å². The third-order valence-corrected chi connectivity index (χ3v) is 7.28. The molecular formula is C23H29F4N5O. The minimum atomic E-state index is -3.38. The topological polar surface area (TPSA) is 85.3 Å². The van der Waals surface area contributed by atoms with Crippen molar-refractivity contribution in [2.24, 2.45) is 23.5 Å². The molecule has 0 saturated heterocycles. The van der Waals surface area contributed by atoms with Gasteiger partial charge in [0.1, 0.15) is 0 Å². The van der Waals surface area contributed by atoms with E-state index in [1.54, 1.807) is 23.0 Å². The lowest BCUT2D eigenvalue weighted by molar-refractivity contribution is -0.148. The van der Waals surface area contributed by atoms with Gasteiger partial charge in [-0.05, 0) is 67.9 Å². The van der Waals surface area contributed by atoms with Crippen molar-refractivity contribution in [3.05, 3.63) is 29.7 Å². The Morgan fingerprint density at radius 1 is 1.18 bits per heavy atom. The summed E-state index contributed by atoms with van der Waals surface area (Å²) in [5, 5.41) is 6.91. The van der Waals surface area contributed by atoms with Gasteiger partial charge in [-0.3, -0.25) is 4.79 Å². The van der Waals surface area contributed by atoms with Gasteiger partial charge in [0.05, 0.1) is 30.2 Å². The van der Waals surface area contributed by atoms with E-state index in [0.29, 0.717) is 29.7 Å². The average Bonchev–Trinajstić information content (AvgIpc) is 3.69. The summed E-state index contributed by atoms with van der Waals surface area (Å²) in [7, 11) is 0. The fourth-order valence-electron chi connectivity index (χ4n) is 4.83. The van der Waals surface area contributed by atoms with Crippen LogP contribution in [0.5, 0.6) is 0 Å². The number of amides is 1. The Morgan fingerprint density at radius 3 is 2.52 bits per heavy atom. The van der Waals surface area contributed by atoms with Crippen LogP contribution < -0.4 is 11.1 Å². The predicted octanol–water partition coefficient (Wildman–Crippen LogP) is 4.56. The first kappa shape index (κ1) is 22.6. The van der Waals surface area contributed by atoms with E-state index in [0.717, 1.165) is 25.7 Å². The monoisotopic (exact) mass is 467 g/mol. The molecule has 1 amide bonds. The van der Waals surface area contributed by atoms with Crippen LogP contribution in [0.4, 0.5) is 17.6 Å². The molecule has 3 fully saturated rings. The quantitative estimate of drug-likeness (QED) is 0.558. The van der Waals surface area contributed by atoms with Crippen molar-refractivity contribution >= 4 is 11.6 Å². The summed E-state index contributed by atoms with van der Waals surface area (Å²) < 4.78 is 57.2. The van der Waals surface area contributed by atoms with E-state index in [-0.39, 0.29) is 30.6 Å². The van der Waals surface area contributed by atoms with Gasteiger partial charge in [0.25, 0.3) is 5.91 Å². The van der Waals surface area contributed by atoms with E-state index < -0.39 is 36.3 Å². The Balaban J connectivity index is 1.32. The zero-order valence-corrected chi connectivity index (χ0v) is 18.3. The molecule has 2 aromatic rings. The highest BCUT2D eigenvalue weighted by molar-refractivity contribution is 5.83. The molecule has 2 heterocycles. The fraction of sp³-hybridized carbons (Fsp3) is 0.696. The highest BCUT2D eigenvalue weighted by Gasteiger charge is 2.46. The second-order valence-electron chi connectivity index (χ2n) is 10.1. The average molecular weight is 468 g/mol. The molecule has 0 bridgehead atoms. The van der Waals surface area contributed by atoms with E-state index in [4.69, 9.17) is 5.73 Å². The molecule has 2 aromatic heterocycles. The van der Waals surface area contributed by atoms with Gasteiger partial charge in [0, 0.05) is 19.3 Å². The van der Waals surface area contributed by atoms with Crippen molar-refractivity contribution < 1.29 is 22.4 Å². The maximum absolute atomic E-state index is 14.3. The number of hydrogen-bond donors (Lipinski definition) is 2. The Morgan fingerprint density at radius 2 is 1.88 bits per heavy atom. The van der Waals surface area contributed by atoms with Crippen molar-refractivity contribution in [3.8, 4) is 0 Å². The number of carbonyl (C=O) groups excluding carboxylic acids is 1. The third-order valence-electron chi connectivity index (χ3n) is 7.28. The first-order chi connectivity index (χ1) is 15.6. The van der Waals surface area contributed by atoms with Crippen molar-refractivity contribution in [2.45, 2.75) is 81.7 Å². The number of aromatic nitrogens is 3. The van der Waals surface area contributed by atoms with Crippen LogP contribution in [-0.4, -0.2) is 32.4 Å². The standard InChI is InChI=1S/C23H29F4N5O/c24-22(25)7-5-14(6-8-22)19(28)17-12-32-18(30-17)9-16(11-29-32)20(15-3-4-15)31-21(33)23(26,27)10-13-1-2-13/h9,11-15,19-20H,1-8,10,28H2,(H,31,33)/t19-,20?/m0/s1. The molecule has 33 heavy (non-hydrogen) atoms. The minimum absolute atomic E-state index is 0.0638. The van der Waals surface area contributed by atoms with Crippen LogP contribution in [0, 0.1) is 17.8 Å². The number of imidazole rings is 1. The summed E-state index contributed by atoms with van der Waals surface area (Å²) in [6.45, 7) is 0. The minimum Gasteiger partial charge on any atom is -0.344 e. The van der Waals surface area contributed by atoms with Gasteiger partial charge in [0.2, 0.25) is 5.92 Å². The Labute approximate surface area is 189 Å². The molecule has 5 rings (SSSR count). The summed E-state index contributed by atoms with van der Waals surface area (Å²) in [4.78, 5) is 16.9. The number of rotatable bonds is 8. The normalized spacial score (nSPS) is 23.4. The van der Waals surface area contributed by atoms with Crippen molar-refractivity contribution in [3.63, 3.8) is 0 Å². The van der Waals surface area contributed by atoms with Crippen molar-refractivity contribution in [2.75, 3.05) is 0 Å². The molecule has 1 unspecified atom stereocenters. The molecule has 2 atom stereocenters. The number of nitrogens with one attached hydrogen (secondary N) is 1. The molecule has 180 valence electrons. The second kappa shape index (κ2) is 8.21. The van der Waals surface area contributed by atoms with Gasteiger partial charge in [-0.15, -0.1) is 0 Å². The van der Waals surface area contributed by atoms with E-state index in [9.17, 15) is 22.4 Å². The van der Waals surface area contributed by atoms with Gasteiger partial charge >= 0.3 is 5.92 Å². The lowest BCUT2D eigenvalue weighted by Gasteiger charge is -2.31. The molecule has 0 radical (unpaired) electrons. The SMILES string of the molecule is N[C@H](c1cn2ncc(C(NC(=O)C(F)(F)CC3CC3)C3CC3)cc2n1)C1CCC(F)(F)CC1. The fourth-order valence-corrected chi connectivity index (χ4v) is 4.83.